The third-order valence-corrected chi connectivity index (χ3v) is 4.03. The number of amides is 2. The number of carboxylic acid groups (broad SMARTS) is 1. The molecule has 1 fully saturated rings. The molecule has 2 rings (SSSR count). The minimum atomic E-state index is -0.822. The third kappa shape index (κ3) is 4.61. The highest BCUT2D eigenvalue weighted by molar-refractivity contribution is 6.30. The molecule has 7 heteroatoms. The fourth-order valence-corrected chi connectivity index (χ4v) is 2.79. The zero-order valence-corrected chi connectivity index (χ0v) is 13.1. The summed E-state index contributed by atoms with van der Waals surface area (Å²) in [6.07, 6.45) is 1.54. The number of benzene rings is 1. The lowest BCUT2D eigenvalue weighted by molar-refractivity contribution is -0.139. The van der Waals surface area contributed by atoms with Crippen molar-refractivity contribution in [3.8, 4) is 0 Å². The van der Waals surface area contributed by atoms with Gasteiger partial charge in [-0.25, -0.2) is 4.79 Å². The molecule has 6 nitrogen and oxygen atoms in total. The van der Waals surface area contributed by atoms with Gasteiger partial charge in [0.25, 0.3) is 0 Å². The largest absolute Gasteiger partial charge is 0.480 e. The van der Waals surface area contributed by atoms with E-state index in [1.807, 2.05) is 11.8 Å². The van der Waals surface area contributed by atoms with Crippen LogP contribution in [0.25, 0.3) is 0 Å². The highest BCUT2D eigenvalue weighted by Gasteiger charge is 2.34. The number of hydrogen-bond donors (Lipinski definition) is 3. The number of anilines is 1. The Morgan fingerprint density at radius 1 is 1.41 bits per heavy atom. The van der Waals surface area contributed by atoms with E-state index < -0.39 is 5.97 Å². The van der Waals surface area contributed by atoms with Gasteiger partial charge in [0.15, 0.2) is 0 Å². The summed E-state index contributed by atoms with van der Waals surface area (Å²) in [6.45, 7) is 2.68. The van der Waals surface area contributed by atoms with Crippen LogP contribution in [0.2, 0.25) is 5.02 Å². The van der Waals surface area contributed by atoms with E-state index in [-0.39, 0.29) is 24.7 Å². The molecule has 0 atom stereocenters. The number of carbonyl (C=O) groups excluding carboxylic acids is 1. The molecule has 0 radical (unpaired) electrons. The Morgan fingerprint density at radius 3 is 2.73 bits per heavy atom. The molecular formula is C15H20ClN3O3. The molecule has 1 aromatic carbocycles. The molecular weight excluding hydrogens is 306 g/mol. The van der Waals surface area contributed by atoms with Gasteiger partial charge in [-0.2, -0.15) is 0 Å². The van der Waals surface area contributed by atoms with Gasteiger partial charge in [-0.3, -0.25) is 9.69 Å². The van der Waals surface area contributed by atoms with Crippen LogP contribution in [0, 0.1) is 0 Å². The summed E-state index contributed by atoms with van der Waals surface area (Å²) in [6, 6.07) is 6.97. The number of carboxylic acids is 1. The Labute approximate surface area is 134 Å². The number of likely N-dealkylation sites (N-methyl/N-ethyl adjacent to an activating group) is 1. The molecule has 2 amide bonds. The summed E-state index contributed by atoms with van der Waals surface area (Å²) in [5, 5.41) is 15.0. The Kier molecular flexibility index (Phi) is 5.63. The highest BCUT2D eigenvalue weighted by atomic mass is 35.5. The molecule has 1 aliphatic carbocycles. The van der Waals surface area contributed by atoms with E-state index in [9.17, 15) is 9.59 Å². The summed E-state index contributed by atoms with van der Waals surface area (Å²) in [5.41, 5.74) is 0.641. The average molecular weight is 326 g/mol. The topological polar surface area (TPSA) is 81.7 Å². The number of rotatable bonds is 6. The van der Waals surface area contributed by atoms with E-state index in [2.05, 4.69) is 10.6 Å². The van der Waals surface area contributed by atoms with Gasteiger partial charge >= 0.3 is 12.0 Å². The molecule has 3 N–H and O–H groups in total. The van der Waals surface area contributed by atoms with E-state index in [0.717, 1.165) is 12.8 Å². The predicted molar refractivity (Wildman–Crippen MR) is 85.3 cm³/mol. The number of hydrogen-bond acceptors (Lipinski definition) is 3. The Hall–Kier alpha value is -1.79. The van der Waals surface area contributed by atoms with Crippen LogP contribution < -0.4 is 10.6 Å². The second-order valence-corrected chi connectivity index (χ2v) is 5.82. The zero-order chi connectivity index (χ0) is 16.1. The van der Waals surface area contributed by atoms with Gasteiger partial charge in [0.05, 0.1) is 6.54 Å². The van der Waals surface area contributed by atoms with Crippen LogP contribution in [0.3, 0.4) is 0 Å². The third-order valence-electron chi connectivity index (χ3n) is 3.79. The normalized spacial score (nSPS) is 20.3. The standard InChI is InChI=1S/C15H20ClN3O3/c1-2-19(9-14(20)21)13-7-12(8-13)18-15(22)17-11-5-3-4-10(16)6-11/h3-6,12-13H,2,7-9H2,1H3,(H,20,21)(H2,17,18,22). The van der Waals surface area contributed by atoms with Gasteiger partial charge in [0.2, 0.25) is 0 Å². The minimum Gasteiger partial charge on any atom is -0.480 e. The van der Waals surface area contributed by atoms with Crippen LogP contribution in [-0.2, 0) is 4.79 Å². The quantitative estimate of drug-likeness (QED) is 0.750. The first-order chi connectivity index (χ1) is 10.5. The lowest BCUT2D eigenvalue weighted by atomic mass is 9.85. The number of halogens is 1. The van der Waals surface area contributed by atoms with Crippen molar-refractivity contribution in [3.63, 3.8) is 0 Å². The van der Waals surface area contributed by atoms with Crippen molar-refractivity contribution < 1.29 is 14.7 Å². The van der Waals surface area contributed by atoms with Gasteiger partial charge in [0.1, 0.15) is 0 Å². The number of carbonyl (C=O) groups is 2. The molecule has 0 bridgehead atoms. The first-order valence-corrected chi connectivity index (χ1v) is 7.64. The van der Waals surface area contributed by atoms with Crippen molar-refractivity contribution in [2.24, 2.45) is 0 Å². The van der Waals surface area contributed by atoms with Crippen molar-refractivity contribution in [1.82, 2.24) is 10.2 Å². The van der Waals surface area contributed by atoms with Crippen molar-refractivity contribution in [1.29, 1.82) is 0 Å². The molecule has 0 unspecified atom stereocenters. The lowest BCUT2D eigenvalue weighted by Gasteiger charge is -2.42. The van der Waals surface area contributed by atoms with Crippen LogP contribution in [0.5, 0.6) is 0 Å². The monoisotopic (exact) mass is 325 g/mol. The van der Waals surface area contributed by atoms with Crippen molar-refractivity contribution in [2.45, 2.75) is 31.8 Å². The van der Waals surface area contributed by atoms with Crippen molar-refractivity contribution in [3.05, 3.63) is 29.3 Å². The summed E-state index contributed by atoms with van der Waals surface area (Å²) in [5.74, 6) is -0.822. The van der Waals surface area contributed by atoms with Crippen LogP contribution in [0.1, 0.15) is 19.8 Å². The first-order valence-electron chi connectivity index (χ1n) is 7.27. The Morgan fingerprint density at radius 2 is 2.14 bits per heavy atom. The fourth-order valence-electron chi connectivity index (χ4n) is 2.60. The van der Waals surface area contributed by atoms with Gasteiger partial charge in [-0.15, -0.1) is 0 Å². The molecule has 0 saturated heterocycles. The van der Waals surface area contributed by atoms with Crippen LogP contribution in [0.4, 0.5) is 10.5 Å². The van der Waals surface area contributed by atoms with Crippen molar-refractivity contribution >= 4 is 29.3 Å². The molecule has 1 aliphatic rings. The molecule has 0 heterocycles. The predicted octanol–water partition coefficient (Wildman–Crippen LogP) is 2.40. The lowest BCUT2D eigenvalue weighted by Crippen LogP contribution is -2.55. The van der Waals surface area contributed by atoms with Crippen LogP contribution in [0.15, 0.2) is 24.3 Å². The average Bonchev–Trinajstić information content (AvgIpc) is 2.40. The maximum atomic E-state index is 11.9. The summed E-state index contributed by atoms with van der Waals surface area (Å²) < 4.78 is 0. The Balaban J connectivity index is 1.75. The first kappa shape index (κ1) is 16.6. The van der Waals surface area contributed by atoms with E-state index in [0.29, 0.717) is 17.3 Å². The summed E-state index contributed by atoms with van der Waals surface area (Å²) >= 11 is 5.86. The molecule has 120 valence electrons. The second-order valence-electron chi connectivity index (χ2n) is 5.39. The zero-order valence-electron chi connectivity index (χ0n) is 12.4. The maximum Gasteiger partial charge on any atom is 0.319 e. The van der Waals surface area contributed by atoms with Gasteiger partial charge in [-0.1, -0.05) is 24.6 Å². The second kappa shape index (κ2) is 7.47. The fraction of sp³-hybridized carbons (Fsp3) is 0.467. The summed E-state index contributed by atoms with van der Waals surface area (Å²) in [4.78, 5) is 24.6. The highest BCUT2D eigenvalue weighted by Crippen LogP contribution is 2.25. The minimum absolute atomic E-state index is 0.0442. The molecule has 0 spiro atoms. The van der Waals surface area contributed by atoms with Gasteiger partial charge < -0.3 is 15.7 Å². The molecule has 0 aliphatic heterocycles. The van der Waals surface area contributed by atoms with E-state index in [1.165, 1.54) is 0 Å². The van der Waals surface area contributed by atoms with E-state index in [4.69, 9.17) is 16.7 Å². The molecule has 1 saturated carbocycles. The smallest absolute Gasteiger partial charge is 0.319 e. The number of nitrogens with zero attached hydrogens (tertiary/aromatic N) is 1. The van der Waals surface area contributed by atoms with Gasteiger partial charge in [-0.05, 0) is 37.6 Å². The van der Waals surface area contributed by atoms with Crippen LogP contribution in [-0.4, -0.2) is 47.2 Å². The van der Waals surface area contributed by atoms with E-state index >= 15 is 0 Å². The van der Waals surface area contributed by atoms with Crippen LogP contribution >= 0.6 is 11.6 Å². The number of urea groups is 1. The maximum absolute atomic E-state index is 11.9. The molecule has 22 heavy (non-hydrogen) atoms. The molecule has 0 aromatic heterocycles. The number of nitrogens with one attached hydrogen (secondary N) is 2. The SMILES string of the molecule is CCN(CC(=O)O)C1CC(NC(=O)Nc2cccc(Cl)c2)C1. The Bertz CT molecular complexity index is 547. The van der Waals surface area contributed by atoms with Crippen molar-refractivity contribution in [2.75, 3.05) is 18.4 Å². The van der Waals surface area contributed by atoms with E-state index in [1.54, 1.807) is 24.3 Å². The van der Waals surface area contributed by atoms with Gasteiger partial charge in [0, 0.05) is 22.8 Å². The number of aliphatic carboxylic acids is 1. The summed E-state index contributed by atoms with van der Waals surface area (Å²) in [7, 11) is 0. The molecule has 1 aromatic rings.